The van der Waals surface area contributed by atoms with Gasteiger partial charge in [-0.1, -0.05) is 0 Å². The van der Waals surface area contributed by atoms with Crippen LogP contribution in [-0.4, -0.2) is 39.5 Å². The Morgan fingerprint density at radius 3 is 2.95 bits per heavy atom. The maximum atomic E-state index is 12.7. The minimum absolute atomic E-state index is 0.162. The highest BCUT2D eigenvalue weighted by molar-refractivity contribution is 5.79. The van der Waals surface area contributed by atoms with Crippen LogP contribution in [0, 0.1) is 5.92 Å². The fraction of sp³-hybridized carbons (Fsp3) is 0.714. The van der Waals surface area contributed by atoms with Crippen molar-refractivity contribution in [2.24, 2.45) is 13.0 Å². The molecule has 1 aromatic rings. The van der Waals surface area contributed by atoms with E-state index in [1.165, 1.54) is 0 Å². The highest BCUT2D eigenvalue weighted by atomic mass is 16.2. The predicted octanol–water partition coefficient (Wildman–Crippen LogP) is 0.911. The number of imidazole rings is 1. The molecular weight excluding hydrogens is 240 g/mol. The zero-order chi connectivity index (χ0) is 13.2. The van der Waals surface area contributed by atoms with E-state index in [2.05, 4.69) is 15.2 Å². The molecule has 3 rings (SSSR count). The molecule has 1 saturated carbocycles. The van der Waals surface area contributed by atoms with Crippen molar-refractivity contribution >= 4 is 5.91 Å². The van der Waals surface area contributed by atoms with E-state index >= 15 is 0 Å². The van der Waals surface area contributed by atoms with Crippen LogP contribution >= 0.6 is 0 Å². The lowest BCUT2D eigenvalue weighted by Crippen LogP contribution is -2.44. The molecule has 0 aromatic carbocycles. The average Bonchev–Trinajstić information content (AvgIpc) is 3.20. The quantitative estimate of drug-likeness (QED) is 0.877. The van der Waals surface area contributed by atoms with Crippen LogP contribution in [0.1, 0.15) is 31.5 Å². The first-order valence-corrected chi connectivity index (χ1v) is 7.23. The molecule has 1 aromatic heterocycles. The normalized spacial score (nSPS) is 23.3. The van der Waals surface area contributed by atoms with Gasteiger partial charge in [0.15, 0.2) is 0 Å². The fourth-order valence-corrected chi connectivity index (χ4v) is 2.77. The molecule has 1 saturated heterocycles. The van der Waals surface area contributed by atoms with Crippen LogP contribution < -0.4 is 5.32 Å². The zero-order valence-corrected chi connectivity index (χ0v) is 11.5. The van der Waals surface area contributed by atoms with Gasteiger partial charge in [0.05, 0.1) is 12.5 Å². The lowest BCUT2D eigenvalue weighted by molar-refractivity contribution is -0.137. The van der Waals surface area contributed by atoms with Gasteiger partial charge in [-0.3, -0.25) is 4.79 Å². The van der Waals surface area contributed by atoms with Gasteiger partial charge in [0, 0.05) is 32.0 Å². The number of carbonyl (C=O) groups excluding carboxylic acids is 1. The van der Waals surface area contributed by atoms with Gasteiger partial charge in [-0.15, -0.1) is 0 Å². The van der Waals surface area contributed by atoms with Crippen LogP contribution in [0.25, 0.3) is 0 Å². The van der Waals surface area contributed by atoms with Gasteiger partial charge in [0.2, 0.25) is 5.91 Å². The van der Waals surface area contributed by atoms with Crippen molar-refractivity contribution in [3.63, 3.8) is 0 Å². The molecule has 1 amide bonds. The van der Waals surface area contributed by atoms with E-state index in [-0.39, 0.29) is 5.92 Å². The van der Waals surface area contributed by atoms with Gasteiger partial charge in [0.1, 0.15) is 5.82 Å². The second kappa shape index (κ2) is 5.33. The van der Waals surface area contributed by atoms with Crippen molar-refractivity contribution in [1.82, 2.24) is 19.8 Å². The molecule has 19 heavy (non-hydrogen) atoms. The third-order valence-electron chi connectivity index (χ3n) is 4.15. The summed E-state index contributed by atoms with van der Waals surface area (Å²) in [4.78, 5) is 19.1. The lowest BCUT2D eigenvalue weighted by Gasteiger charge is -2.29. The molecule has 1 atom stereocenters. The van der Waals surface area contributed by atoms with Gasteiger partial charge >= 0.3 is 0 Å². The fourth-order valence-electron chi connectivity index (χ4n) is 2.77. The standard InChI is InChI=1S/C14H22N4O/c1-17-8-7-16-13(17)10-18(12-4-5-12)14(19)11-3-2-6-15-9-11/h7-8,11-12,15H,2-6,9-10H2,1H3. The lowest BCUT2D eigenvalue weighted by atomic mass is 9.98. The van der Waals surface area contributed by atoms with Crippen LogP contribution in [0.2, 0.25) is 0 Å². The van der Waals surface area contributed by atoms with E-state index in [4.69, 9.17) is 0 Å². The van der Waals surface area contributed by atoms with E-state index in [1.807, 2.05) is 17.8 Å². The summed E-state index contributed by atoms with van der Waals surface area (Å²) in [6.45, 7) is 2.54. The summed E-state index contributed by atoms with van der Waals surface area (Å²) in [7, 11) is 1.99. The van der Waals surface area contributed by atoms with E-state index < -0.39 is 0 Å². The molecule has 1 aliphatic heterocycles. The largest absolute Gasteiger partial charge is 0.337 e. The first-order chi connectivity index (χ1) is 9.25. The van der Waals surface area contributed by atoms with E-state index in [0.29, 0.717) is 18.5 Å². The molecule has 1 aliphatic carbocycles. The zero-order valence-electron chi connectivity index (χ0n) is 11.5. The number of carbonyl (C=O) groups is 1. The molecule has 2 aliphatic rings. The number of aryl methyl sites for hydroxylation is 1. The minimum Gasteiger partial charge on any atom is -0.337 e. The molecule has 0 bridgehead atoms. The number of hydrogen-bond acceptors (Lipinski definition) is 3. The molecule has 0 spiro atoms. The third-order valence-corrected chi connectivity index (χ3v) is 4.15. The first-order valence-electron chi connectivity index (χ1n) is 7.23. The predicted molar refractivity (Wildman–Crippen MR) is 72.4 cm³/mol. The molecule has 5 heteroatoms. The summed E-state index contributed by atoms with van der Waals surface area (Å²) < 4.78 is 2.00. The van der Waals surface area contributed by atoms with Crippen molar-refractivity contribution in [1.29, 1.82) is 0 Å². The van der Waals surface area contributed by atoms with E-state index in [1.54, 1.807) is 6.20 Å². The van der Waals surface area contributed by atoms with Crippen molar-refractivity contribution < 1.29 is 4.79 Å². The van der Waals surface area contributed by atoms with Crippen molar-refractivity contribution in [2.75, 3.05) is 13.1 Å². The number of aromatic nitrogens is 2. The Morgan fingerprint density at radius 1 is 1.53 bits per heavy atom. The Balaban J connectivity index is 1.70. The van der Waals surface area contributed by atoms with Crippen LogP contribution in [0.5, 0.6) is 0 Å². The van der Waals surface area contributed by atoms with Gasteiger partial charge in [-0.05, 0) is 32.2 Å². The number of amides is 1. The van der Waals surface area contributed by atoms with Gasteiger partial charge in [-0.2, -0.15) is 0 Å². The van der Waals surface area contributed by atoms with Crippen molar-refractivity contribution in [3.8, 4) is 0 Å². The van der Waals surface area contributed by atoms with Gasteiger partial charge in [-0.25, -0.2) is 4.98 Å². The highest BCUT2D eigenvalue weighted by Crippen LogP contribution is 2.30. The first kappa shape index (κ1) is 12.7. The number of nitrogens with zero attached hydrogens (tertiary/aromatic N) is 3. The van der Waals surface area contributed by atoms with Crippen LogP contribution in [0.4, 0.5) is 0 Å². The SMILES string of the molecule is Cn1ccnc1CN(C(=O)C1CCCNC1)C1CC1. The molecule has 104 valence electrons. The summed E-state index contributed by atoms with van der Waals surface area (Å²) in [6, 6.07) is 0.450. The number of nitrogens with one attached hydrogen (secondary N) is 1. The van der Waals surface area contributed by atoms with Crippen LogP contribution in [-0.2, 0) is 18.4 Å². The number of hydrogen-bond donors (Lipinski definition) is 1. The Bertz CT molecular complexity index is 446. The second-order valence-electron chi connectivity index (χ2n) is 5.69. The molecule has 2 heterocycles. The molecule has 1 unspecified atom stereocenters. The molecular formula is C14H22N4O. The molecule has 0 radical (unpaired) electrons. The average molecular weight is 262 g/mol. The smallest absolute Gasteiger partial charge is 0.227 e. The summed E-state index contributed by atoms with van der Waals surface area (Å²) >= 11 is 0. The summed E-state index contributed by atoms with van der Waals surface area (Å²) in [5.74, 6) is 1.45. The number of piperidine rings is 1. The highest BCUT2D eigenvalue weighted by Gasteiger charge is 2.36. The van der Waals surface area contributed by atoms with Crippen LogP contribution in [0.3, 0.4) is 0 Å². The van der Waals surface area contributed by atoms with Gasteiger partial charge < -0.3 is 14.8 Å². The Hall–Kier alpha value is -1.36. The molecule has 5 nitrogen and oxygen atoms in total. The van der Waals surface area contributed by atoms with E-state index in [9.17, 15) is 4.79 Å². The second-order valence-corrected chi connectivity index (χ2v) is 5.69. The Labute approximate surface area is 114 Å². The monoisotopic (exact) mass is 262 g/mol. The van der Waals surface area contributed by atoms with Crippen LogP contribution in [0.15, 0.2) is 12.4 Å². The van der Waals surface area contributed by atoms with Crippen molar-refractivity contribution in [3.05, 3.63) is 18.2 Å². The Kier molecular flexibility index (Phi) is 3.55. The van der Waals surface area contributed by atoms with E-state index in [0.717, 1.165) is 44.6 Å². The van der Waals surface area contributed by atoms with Gasteiger partial charge in [0.25, 0.3) is 0 Å². The minimum atomic E-state index is 0.162. The number of rotatable bonds is 4. The summed E-state index contributed by atoms with van der Waals surface area (Å²) in [6.07, 6.45) is 8.17. The molecule has 2 fully saturated rings. The molecule has 1 N–H and O–H groups in total. The third kappa shape index (κ3) is 2.81. The Morgan fingerprint density at radius 2 is 2.37 bits per heavy atom. The summed E-state index contributed by atoms with van der Waals surface area (Å²) in [5.41, 5.74) is 0. The maximum Gasteiger partial charge on any atom is 0.227 e. The maximum absolute atomic E-state index is 12.7. The van der Waals surface area contributed by atoms with Crippen molar-refractivity contribution in [2.45, 2.75) is 38.3 Å². The topological polar surface area (TPSA) is 50.2 Å². The summed E-state index contributed by atoms with van der Waals surface area (Å²) in [5, 5.41) is 3.33.